The number of carbonyl (C=O) groups is 2. The molecule has 102 valence electrons. The summed E-state index contributed by atoms with van der Waals surface area (Å²) in [5.41, 5.74) is 1.91. The van der Waals surface area contributed by atoms with Crippen LogP contribution in [0.1, 0.15) is 33.4 Å². The van der Waals surface area contributed by atoms with Gasteiger partial charge in [0.1, 0.15) is 6.10 Å². The van der Waals surface area contributed by atoms with Crippen molar-refractivity contribution in [2.24, 2.45) is 0 Å². The number of amides is 1. The third-order valence-electron chi connectivity index (χ3n) is 3.21. The van der Waals surface area contributed by atoms with Gasteiger partial charge >= 0.3 is 5.97 Å². The summed E-state index contributed by atoms with van der Waals surface area (Å²) in [5, 5.41) is 22.0. The highest BCUT2D eigenvalue weighted by molar-refractivity contribution is 5.99. The monoisotopic (exact) mass is 273 g/mol. The largest absolute Gasteiger partial charge is 0.476 e. The minimum atomic E-state index is -1.21. The van der Waals surface area contributed by atoms with Crippen LogP contribution in [0.2, 0.25) is 0 Å². The Morgan fingerprint density at radius 1 is 1.40 bits per heavy atom. The number of rotatable bonds is 3. The molecule has 1 atom stereocenters. The Morgan fingerprint density at radius 3 is 2.95 bits per heavy atom. The Balaban J connectivity index is 1.97. The summed E-state index contributed by atoms with van der Waals surface area (Å²) in [6.07, 6.45) is 0.343. The molecule has 1 amide bonds. The number of imidazole rings is 1. The summed E-state index contributed by atoms with van der Waals surface area (Å²) in [6, 6.07) is 5.02. The van der Waals surface area contributed by atoms with E-state index in [9.17, 15) is 14.7 Å². The van der Waals surface area contributed by atoms with Gasteiger partial charge in [-0.1, -0.05) is 12.1 Å². The Bertz CT molecular complexity index is 707. The van der Waals surface area contributed by atoms with E-state index in [2.05, 4.69) is 15.3 Å². The summed E-state index contributed by atoms with van der Waals surface area (Å²) in [5.74, 6) is -1.31. The van der Waals surface area contributed by atoms with Crippen molar-refractivity contribution in [3.63, 3.8) is 0 Å². The second kappa shape index (κ2) is 4.46. The topological polar surface area (TPSA) is 115 Å². The molecule has 0 spiro atoms. The van der Waals surface area contributed by atoms with E-state index in [0.717, 1.165) is 5.56 Å². The number of hydrogen-bond donors (Lipinski definition) is 4. The molecule has 7 heteroatoms. The van der Waals surface area contributed by atoms with Crippen LogP contribution in [0.4, 0.5) is 5.69 Å². The van der Waals surface area contributed by atoms with Crippen LogP contribution in [0.3, 0.4) is 0 Å². The average Bonchev–Trinajstić information content (AvgIpc) is 3.01. The highest BCUT2D eigenvalue weighted by atomic mass is 16.4. The minimum absolute atomic E-state index is 0.0978. The standard InChI is InChI=1S/C13H11N3O4/c17-9-4-7-3-6(1-2-8(7)16-9)12(18)10-11(13(19)20)15-5-14-10/h1-3,5,12,18H,4H2,(H,14,15)(H,16,17)(H,19,20). The van der Waals surface area contributed by atoms with Crippen LogP contribution in [0.5, 0.6) is 0 Å². The maximum absolute atomic E-state index is 11.3. The molecule has 1 aliphatic rings. The molecule has 4 N–H and O–H groups in total. The number of aliphatic hydroxyl groups is 1. The average molecular weight is 273 g/mol. The summed E-state index contributed by atoms with van der Waals surface area (Å²) in [4.78, 5) is 28.6. The van der Waals surface area contributed by atoms with Crippen LogP contribution >= 0.6 is 0 Å². The van der Waals surface area contributed by atoms with E-state index in [0.29, 0.717) is 11.3 Å². The first-order valence-corrected chi connectivity index (χ1v) is 5.93. The van der Waals surface area contributed by atoms with Crippen molar-refractivity contribution in [3.05, 3.63) is 47.0 Å². The smallest absolute Gasteiger partial charge is 0.356 e. The van der Waals surface area contributed by atoms with E-state index in [1.54, 1.807) is 18.2 Å². The number of aliphatic hydroxyl groups excluding tert-OH is 1. The maximum Gasteiger partial charge on any atom is 0.356 e. The van der Waals surface area contributed by atoms with E-state index in [-0.39, 0.29) is 23.7 Å². The zero-order valence-corrected chi connectivity index (χ0v) is 10.3. The molecule has 7 nitrogen and oxygen atoms in total. The number of anilines is 1. The van der Waals surface area contributed by atoms with Crippen LogP contribution in [0, 0.1) is 0 Å². The zero-order valence-electron chi connectivity index (χ0n) is 10.3. The molecule has 3 rings (SSSR count). The van der Waals surface area contributed by atoms with Crippen LogP contribution < -0.4 is 5.32 Å². The molecule has 2 heterocycles. The van der Waals surface area contributed by atoms with Gasteiger partial charge in [-0.25, -0.2) is 9.78 Å². The fourth-order valence-corrected chi connectivity index (χ4v) is 2.27. The predicted octanol–water partition coefficient (Wildman–Crippen LogP) is 0.684. The highest BCUT2D eigenvalue weighted by Gasteiger charge is 2.24. The Morgan fingerprint density at radius 2 is 2.20 bits per heavy atom. The molecule has 0 saturated heterocycles. The Hall–Kier alpha value is -2.67. The van der Waals surface area contributed by atoms with E-state index in [4.69, 9.17) is 5.11 Å². The van der Waals surface area contributed by atoms with Gasteiger partial charge in [0, 0.05) is 5.69 Å². The van der Waals surface area contributed by atoms with Gasteiger partial charge in [-0.15, -0.1) is 0 Å². The lowest BCUT2D eigenvalue weighted by molar-refractivity contribution is -0.115. The lowest BCUT2D eigenvalue weighted by Crippen LogP contribution is -2.08. The lowest BCUT2D eigenvalue weighted by Gasteiger charge is -2.11. The molecule has 20 heavy (non-hydrogen) atoms. The van der Waals surface area contributed by atoms with Crippen molar-refractivity contribution in [1.82, 2.24) is 9.97 Å². The summed E-state index contributed by atoms with van der Waals surface area (Å²) >= 11 is 0. The molecule has 2 aromatic rings. The van der Waals surface area contributed by atoms with E-state index in [1.165, 1.54) is 6.33 Å². The summed E-state index contributed by atoms with van der Waals surface area (Å²) < 4.78 is 0. The number of carboxylic acid groups (broad SMARTS) is 1. The van der Waals surface area contributed by atoms with Gasteiger partial charge in [-0.3, -0.25) is 4.79 Å². The molecule has 1 aliphatic heterocycles. The molecule has 0 fully saturated rings. The molecule has 1 unspecified atom stereocenters. The SMILES string of the molecule is O=C1Cc2cc(C(O)c3[nH]cnc3C(=O)O)ccc2N1. The van der Waals surface area contributed by atoms with Crippen molar-refractivity contribution >= 4 is 17.6 Å². The molecule has 0 radical (unpaired) electrons. The van der Waals surface area contributed by atoms with Crippen LogP contribution in [0.25, 0.3) is 0 Å². The lowest BCUT2D eigenvalue weighted by atomic mass is 10.0. The number of nitrogens with one attached hydrogen (secondary N) is 2. The normalized spacial score (nSPS) is 14.8. The fraction of sp³-hybridized carbons (Fsp3) is 0.154. The maximum atomic E-state index is 11.3. The van der Waals surface area contributed by atoms with Gasteiger partial charge in [-0.05, 0) is 17.2 Å². The molecular formula is C13H11N3O4. The number of benzene rings is 1. The van der Waals surface area contributed by atoms with Crippen LogP contribution in [-0.4, -0.2) is 32.1 Å². The van der Waals surface area contributed by atoms with Gasteiger partial charge in [-0.2, -0.15) is 0 Å². The molecular weight excluding hydrogens is 262 g/mol. The van der Waals surface area contributed by atoms with E-state index in [1.807, 2.05) is 0 Å². The molecule has 0 saturated carbocycles. The number of carboxylic acids is 1. The van der Waals surface area contributed by atoms with Gasteiger partial charge < -0.3 is 20.5 Å². The van der Waals surface area contributed by atoms with Crippen LogP contribution in [-0.2, 0) is 11.2 Å². The summed E-state index contributed by atoms with van der Waals surface area (Å²) in [7, 11) is 0. The third-order valence-corrected chi connectivity index (χ3v) is 3.21. The Kier molecular flexibility index (Phi) is 2.76. The zero-order chi connectivity index (χ0) is 14.3. The number of carbonyl (C=O) groups excluding carboxylic acids is 1. The number of aromatic carboxylic acids is 1. The van der Waals surface area contributed by atoms with Gasteiger partial charge in [0.05, 0.1) is 18.4 Å². The quantitative estimate of drug-likeness (QED) is 0.656. The third kappa shape index (κ3) is 1.94. The van der Waals surface area contributed by atoms with Gasteiger partial charge in [0.2, 0.25) is 5.91 Å². The number of aromatic amines is 1. The number of H-pyrrole nitrogens is 1. The minimum Gasteiger partial charge on any atom is -0.476 e. The second-order valence-corrected chi connectivity index (χ2v) is 4.51. The molecule has 1 aromatic carbocycles. The summed E-state index contributed by atoms with van der Waals surface area (Å²) in [6.45, 7) is 0. The van der Waals surface area contributed by atoms with E-state index < -0.39 is 12.1 Å². The molecule has 1 aromatic heterocycles. The van der Waals surface area contributed by atoms with Crippen molar-refractivity contribution in [1.29, 1.82) is 0 Å². The van der Waals surface area contributed by atoms with Crippen molar-refractivity contribution in [2.45, 2.75) is 12.5 Å². The highest BCUT2D eigenvalue weighted by Crippen LogP contribution is 2.29. The van der Waals surface area contributed by atoms with Crippen molar-refractivity contribution < 1.29 is 19.8 Å². The number of nitrogens with zero attached hydrogens (tertiary/aromatic N) is 1. The van der Waals surface area contributed by atoms with Crippen molar-refractivity contribution in [2.75, 3.05) is 5.32 Å². The number of hydrogen-bond acceptors (Lipinski definition) is 4. The van der Waals surface area contributed by atoms with Gasteiger partial charge in [0.25, 0.3) is 0 Å². The van der Waals surface area contributed by atoms with Crippen molar-refractivity contribution in [3.8, 4) is 0 Å². The van der Waals surface area contributed by atoms with Gasteiger partial charge in [0.15, 0.2) is 5.69 Å². The number of aromatic nitrogens is 2. The van der Waals surface area contributed by atoms with Crippen LogP contribution in [0.15, 0.2) is 24.5 Å². The first-order chi connectivity index (χ1) is 9.56. The predicted molar refractivity (Wildman–Crippen MR) is 68.4 cm³/mol. The Labute approximate surface area is 113 Å². The van der Waals surface area contributed by atoms with E-state index >= 15 is 0 Å². The fourth-order valence-electron chi connectivity index (χ4n) is 2.27. The second-order valence-electron chi connectivity index (χ2n) is 4.51. The molecule has 0 aliphatic carbocycles. The first-order valence-electron chi connectivity index (χ1n) is 5.93. The molecule has 0 bridgehead atoms. The first kappa shape index (κ1) is 12.4. The number of fused-ring (bicyclic) bond motifs is 1.